The molecule has 1 aliphatic heterocycles. The van der Waals surface area contributed by atoms with Crippen molar-refractivity contribution in [3.63, 3.8) is 0 Å². The molecule has 2 aromatic rings. The second kappa shape index (κ2) is 5.23. The SMILES string of the molecule is O=S1(=O)CCCN1Cc1csc(-c2ccc(F)cc2)n1. The minimum atomic E-state index is -3.10. The van der Waals surface area contributed by atoms with Crippen LogP contribution >= 0.6 is 11.3 Å². The van der Waals surface area contributed by atoms with Gasteiger partial charge in [-0.2, -0.15) is 4.31 Å². The van der Waals surface area contributed by atoms with Crippen molar-refractivity contribution >= 4 is 21.4 Å². The Labute approximate surface area is 120 Å². The summed E-state index contributed by atoms with van der Waals surface area (Å²) >= 11 is 1.44. The highest BCUT2D eigenvalue weighted by Crippen LogP contribution is 2.25. The summed E-state index contributed by atoms with van der Waals surface area (Å²) in [5, 5.41) is 2.63. The second-order valence-electron chi connectivity index (χ2n) is 4.65. The highest BCUT2D eigenvalue weighted by atomic mass is 32.2. The van der Waals surface area contributed by atoms with Gasteiger partial charge in [-0.3, -0.25) is 0 Å². The molecule has 106 valence electrons. The molecule has 20 heavy (non-hydrogen) atoms. The molecule has 4 nitrogen and oxygen atoms in total. The summed E-state index contributed by atoms with van der Waals surface area (Å²) in [6, 6.07) is 6.12. The van der Waals surface area contributed by atoms with E-state index in [0.717, 1.165) is 16.3 Å². The topological polar surface area (TPSA) is 50.3 Å². The lowest BCUT2D eigenvalue weighted by Gasteiger charge is -2.11. The fourth-order valence-corrected chi connectivity index (χ4v) is 4.46. The van der Waals surface area contributed by atoms with E-state index in [0.29, 0.717) is 19.5 Å². The molecule has 0 bridgehead atoms. The van der Waals surface area contributed by atoms with E-state index in [1.54, 1.807) is 12.1 Å². The molecule has 0 aliphatic carbocycles. The van der Waals surface area contributed by atoms with Crippen LogP contribution in [0.25, 0.3) is 10.6 Å². The van der Waals surface area contributed by atoms with Crippen molar-refractivity contribution in [2.24, 2.45) is 0 Å². The van der Waals surface area contributed by atoms with Gasteiger partial charge in [-0.15, -0.1) is 11.3 Å². The van der Waals surface area contributed by atoms with E-state index in [-0.39, 0.29) is 11.6 Å². The molecule has 0 atom stereocenters. The van der Waals surface area contributed by atoms with Gasteiger partial charge in [0.2, 0.25) is 10.0 Å². The van der Waals surface area contributed by atoms with Crippen LogP contribution in [0.1, 0.15) is 12.1 Å². The molecular formula is C13H13FN2O2S2. The van der Waals surface area contributed by atoms with Gasteiger partial charge in [0.1, 0.15) is 10.8 Å². The van der Waals surface area contributed by atoms with Gasteiger partial charge in [-0.1, -0.05) is 0 Å². The van der Waals surface area contributed by atoms with E-state index in [1.165, 1.54) is 27.8 Å². The van der Waals surface area contributed by atoms with Gasteiger partial charge < -0.3 is 0 Å². The van der Waals surface area contributed by atoms with Crippen LogP contribution in [0, 0.1) is 5.82 Å². The normalized spacial score (nSPS) is 18.4. The summed E-state index contributed by atoms with van der Waals surface area (Å²) in [4.78, 5) is 4.43. The minimum Gasteiger partial charge on any atom is -0.240 e. The van der Waals surface area contributed by atoms with Crippen LogP contribution < -0.4 is 0 Å². The van der Waals surface area contributed by atoms with Gasteiger partial charge in [0.25, 0.3) is 0 Å². The van der Waals surface area contributed by atoms with Crippen molar-refractivity contribution in [2.75, 3.05) is 12.3 Å². The summed E-state index contributed by atoms with van der Waals surface area (Å²) in [6.45, 7) is 0.881. The third-order valence-corrected chi connectivity index (χ3v) is 6.03. The van der Waals surface area contributed by atoms with Crippen molar-refractivity contribution in [2.45, 2.75) is 13.0 Å². The molecule has 0 unspecified atom stereocenters. The average Bonchev–Trinajstić information content (AvgIpc) is 2.99. The first-order chi connectivity index (χ1) is 9.54. The van der Waals surface area contributed by atoms with Gasteiger partial charge in [0.15, 0.2) is 0 Å². The highest BCUT2D eigenvalue weighted by molar-refractivity contribution is 7.89. The quantitative estimate of drug-likeness (QED) is 0.875. The molecule has 1 aliphatic rings. The van der Waals surface area contributed by atoms with E-state index in [4.69, 9.17) is 0 Å². The smallest absolute Gasteiger partial charge is 0.214 e. The maximum absolute atomic E-state index is 12.9. The standard InChI is InChI=1S/C13H13FN2O2S2/c14-11-4-2-10(3-5-11)13-15-12(9-19-13)8-16-6-1-7-20(16,17)18/h2-5,9H,1,6-8H2. The number of rotatable bonds is 3. The van der Waals surface area contributed by atoms with Crippen LogP contribution in [0.2, 0.25) is 0 Å². The zero-order valence-corrected chi connectivity index (χ0v) is 12.3. The third-order valence-electron chi connectivity index (χ3n) is 3.18. The molecule has 1 aromatic carbocycles. The Morgan fingerprint density at radius 2 is 2.05 bits per heavy atom. The van der Waals surface area contributed by atoms with Crippen molar-refractivity contribution in [3.8, 4) is 10.6 Å². The number of thiazole rings is 1. The Kier molecular flexibility index (Phi) is 3.57. The Morgan fingerprint density at radius 3 is 2.70 bits per heavy atom. The van der Waals surface area contributed by atoms with Crippen molar-refractivity contribution in [1.82, 2.24) is 9.29 Å². The Bertz CT molecular complexity index is 710. The molecule has 1 fully saturated rings. The van der Waals surface area contributed by atoms with Crippen molar-refractivity contribution in [1.29, 1.82) is 0 Å². The first-order valence-corrected chi connectivity index (χ1v) is 8.72. The van der Waals surface area contributed by atoms with E-state index < -0.39 is 10.0 Å². The molecule has 0 amide bonds. The summed E-state index contributed by atoms with van der Waals surface area (Å²) in [5.74, 6) is -0.0595. The number of hydrogen-bond donors (Lipinski definition) is 0. The van der Waals surface area contributed by atoms with Gasteiger partial charge in [-0.25, -0.2) is 17.8 Å². The number of sulfonamides is 1. The molecule has 1 saturated heterocycles. The monoisotopic (exact) mass is 312 g/mol. The highest BCUT2D eigenvalue weighted by Gasteiger charge is 2.28. The van der Waals surface area contributed by atoms with Crippen LogP contribution in [0.5, 0.6) is 0 Å². The van der Waals surface area contributed by atoms with Gasteiger partial charge in [-0.05, 0) is 30.7 Å². The van der Waals surface area contributed by atoms with Gasteiger partial charge >= 0.3 is 0 Å². The van der Waals surface area contributed by atoms with E-state index in [1.807, 2.05) is 5.38 Å². The Balaban J connectivity index is 1.79. The number of hydrogen-bond acceptors (Lipinski definition) is 4. The van der Waals surface area contributed by atoms with E-state index in [9.17, 15) is 12.8 Å². The van der Waals surface area contributed by atoms with E-state index in [2.05, 4.69) is 4.98 Å². The predicted molar refractivity (Wildman–Crippen MR) is 76.3 cm³/mol. The maximum atomic E-state index is 12.9. The predicted octanol–water partition coefficient (Wildman–Crippen LogP) is 2.48. The second-order valence-corrected chi connectivity index (χ2v) is 7.60. The molecule has 2 heterocycles. The molecule has 0 N–H and O–H groups in total. The number of nitrogens with zero attached hydrogens (tertiary/aromatic N) is 2. The molecule has 0 saturated carbocycles. The first-order valence-electron chi connectivity index (χ1n) is 6.23. The summed E-state index contributed by atoms with van der Waals surface area (Å²) < 4.78 is 37.8. The van der Waals surface area contributed by atoms with E-state index >= 15 is 0 Å². The molecule has 7 heteroatoms. The van der Waals surface area contributed by atoms with Crippen LogP contribution in [0.4, 0.5) is 4.39 Å². The van der Waals surface area contributed by atoms with Crippen molar-refractivity contribution < 1.29 is 12.8 Å². The zero-order chi connectivity index (χ0) is 14.2. The summed E-state index contributed by atoms with van der Waals surface area (Å²) in [5.41, 5.74) is 1.58. The summed E-state index contributed by atoms with van der Waals surface area (Å²) in [7, 11) is -3.10. The van der Waals surface area contributed by atoms with Crippen molar-refractivity contribution in [3.05, 3.63) is 41.2 Å². The fraction of sp³-hybridized carbons (Fsp3) is 0.308. The van der Waals surface area contributed by atoms with Crippen LogP contribution in [-0.4, -0.2) is 30.0 Å². The Hall–Kier alpha value is -1.31. The molecule has 3 rings (SSSR count). The molecular weight excluding hydrogens is 299 g/mol. The van der Waals surface area contributed by atoms with Gasteiger partial charge in [0.05, 0.1) is 18.0 Å². The lowest BCUT2D eigenvalue weighted by molar-refractivity contribution is 0.436. The number of benzene rings is 1. The maximum Gasteiger partial charge on any atom is 0.214 e. The largest absolute Gasteiger partial charge is 0.240 e. The lowest BCUT2D eigenvalue weighted by Crippen LogP contribution is -2.25. The Morgan fingerprint density at radius 1 is 1.30 bits per heavy atom. The number of aromatic nitrogens is 1. The number of halogens is 1. The summed E-state index contributed by atoms with van der Waals surface area (Å²) in [6.07, 6.45) is 0.678. The molecule has 1 aromatic heterocycles. The van der Waals surface area contributed by atoms with Gasteiger partial charge in [0, 0.05) is 17.5 Å². The van der Waals surface area contributed by atoms with Crippen LogP contribution in [-0.2, 0) is 16.6 Å². The first kappa shape index (κ1) is 13.7. The fourth-order valence-electron chi connectivity index (χ4n) is 2.15. The zero-order valence-electron chi connectivity index (χ0n) is 10.6. The van der Waals surface area contributed by atoms with Crippen LogP contribution in [0.3, 0.4) is 0 Å². The average molecular weight is 312 g/mol. The molecule has 0 spiro atoms. The van der Waals surface area contributed by atoms with Crippen LogP contribution in [0.15, 0.2) is 29.6 Å². The minimum absolute atomic E-state index is 0.224. The third kappa shape index (κ3) is 2.74. The molecule has 0 radical (unpaired) electrons. The lowest BCUT2D eigenvalue weighted by atomic mass is 10.2.